The van der Waals surface area contributed by atoms with Crippen LogP contribution in [-0.2, 0) is 16.4 Å². The molecular weight excluding hydrogens is 312 g/mol. The normalized spacial score (nSPS) is 11.7. The van der Waals surface area contributed by atoms with Gasteiger partial charge in [0.05, 0.1) is 17.6 Å². The van der Waals surface area contributed by atoms with E-state index >= 15 is 0 Å². The lowest BCUT2D eigenvalue weighted by Crippen LogP contribution is -2.11. The van der Waals surface area contributed by atoms with Gasteiger partial charge in [0.1, 0.15) is 5.75 Å². The molecule has 0 aliphatic carbocycles. The second kappa shape index (κ2) is 6.42. The van der Waals surface area contributed by atoms with E-state index in [-0.39, 0.29) is 5.16 Å². The van der Waals surface area contributed by atoms with Crippen LogP contribution in [0.4, 0.5) is 0 Å². The lowest BCUT2D eigenvalue weighted by atomic mass is 10.3. The summed E-state index contributed by atoms with van der Waals surface area (Å²) in [6.07, 6.45) is 1.88. The highest BCUT2D eigenvalue weighted by molar-refractivity contribution is 7.90. The Balaban J connectivity index is 1.76. The summed E-state index contributed by atoms with van der Waals surface area (Å²) in [5.41, 5.74) is 1.52. The first-order valence-corrected chi connectivity index (χ1v) is 9.28. The highest BCUT2D eigenvalue weighted by Gasteiger charge is 2.18. The van der Waals surface area contributed by atoms with E-state index in [2.05, 4.69) is 4.98 Å². The van der Waals surface area contributed by atoms with Crippen LogP contribution in [0.25, 0.3) is 11.0 Å². The molecule has 0 N–H and O–H groups in total. The zero-order chi connectivity index (χ0) is 16.3. The summed E-state index contributed by atoms with van der Waals surface area (Å²) >= 11 is 0. The maximum absolute atomic E-state index is 12.0. The van der Waals surface area contributed by atoms with E-state index in [1.807, 2.05) is 54.6 Å². The van der Waals surface area contributed by atoms with Crippen LogP contribution < -0.4 is 4.74 Å². The summed E-state index contributed by atoms with van der Waals surface area (Å²) in [5, 5.41) is 0.110. The third kappa shape index (κ3) is 3.53. The monoisotopic (exact) mass is 330 g/mol. The standard InChI is InChI=1S/C17H18N2O3S/c1-23(20,21)17-18-15-10-5-6-11-16(15)19(17)12-7-13-22-14-8-3-2-4-9-14/h2-6,8-11H,7,12-13H2,1H3. The number of para-hydroxylation sites is 3. The number of ether oxygens (including phenoxy) is 1. The smallest absolute Gasteiger partial charge is 0.228 e. The van der Waals surface area contributed by atoms with Gasteiger partial charge in [0, 0.05) is 12.8 Å². The van der Waals surface area contributed by atoms with Crippen molar-refractivity contribution >= 4 is 20.9 Å². The molecule has 1 aromatic heterocycles. The van der Waals surface area contributed by atoms with Crippen LogP contribution in [0.5, 0.6) is 5.75 Å². The third-order valence-electron chi connectivity index (χ3n) is 3.49. The van der Waals surface area contributed by atoms with Crippen molar-refractivity contribution in [2.24, 2.45) is 0 Å². The number of aromatic nitrogens is 2. The van der Waals surface area contributed by atoms with Crippen molar-refractivity contribution in [1.82, 2.24) is 9.55 Å². The van der Waals surface area contributed by atoms with Gasteiger partial charge in [0.25, 0.3) is 0 Å². The van der Waals surface area contributed by atoms with E-state index in [0.717, 1.165) is 11.3 Å². The predicted octanol–water partition coefficient (Wildman–Crippen LogP) is 2.91. The molecule has 0 amide bonds. The average molecular weight is 330 g/mol. The molecule has 23 heavy (non-hydrogen) atoms. The fourth-order valence-corrected chi connectivity index (χ4v) is 3.34. The van der Waals surface area contributed by atoms with Gasteiger partial charge >= 0.3 is 0 Å². The van der Waals surface area contributed by atoms with Crippen LogP contribution in [-0.4, -0.2) is 30.8 Å². The lowest BCUT2D eigenvalue weighted by Gasteiger charge is -2.09. The molecule has 0 saturated carbocycles. The summed E-state index contributed by atoms with van der Waals surface area (Å²) in [4.78, 5) is 4.26. The topological polar surface area (TPSA) is 61.2 Å². The van der Waals surface area contributed by atoms with E-state index < -0.39 is 9.84 Å². The van der Waals surface area contributed by atoms with Gasteiger partial charge in [-0.3, -0.25) is 0 Å². The third-order valence-corrected chi connectivity index (χ3v) is 4.46. The minimum Gasteiger partial charge on any atom is -0.494 e. The van der Waals surface area contributed by atoms with Crippen molar-refractivity contribution in [2.75, 3.05) is 12.9 Å². The number of hydrogen-bond donors (Lipinski definition) is 0. The molecular formula is C17H18N2O3S. The first kappa shape index (κ1) is 15.6. The molecule has 6 heteroatoms. The van der Waals surface area contributed by atoms with Gasteiger partial charge in [0.15, 0.2) is 0 Å². The van der Waals surface area contributed by atoms with Crippen molar-refractivity contribution in [2.45, 2.75) is 18.1 Å². The zero-order valence-electron chi connectivity index (χ0n) is 12.8. The van der Waals surface area contributed by atoms with Gasteiger partial charge < -0.3 is 9.30 Å². The summed E-state index contributed by atoms with van der Waals surface area (Å²) in [7, 11) is -3.37. The molecule has 0 saturated heterocycles. The second-order valence-corrected chi connectivity index (χ2v) is 7.23. The maximum atomic E-state index is 12.0. The summed E-state index contributed by atoms with van der Waals surface area (Å²) in [5.74, 6) is 0.811. The Kier molecular flexibility index (Phi) is 4.34. The van der Waals surface area contributed by atoms with Crippen molar-refractivity contribution in [1.29, 1.82) is 0 Å². The molecule has 120 valence electrons. The number of aryl methyl sites for hydroxylation is 1. The summed E-state index contributed by atoms with van der Waals surface area (Å²) in [6, 6.07) is 17.0. The van der Waals surface area contributed by atoms with Crippen LogP contribution in [0.1, 0.15) is 6.42 Å². The molecule has 5 nitrogen and oxygen atoms in total. The van der Waals surface area contributed by atoms with Crippen LogP contribution in [0, 0.1) is 0 Å². The number of imidazole rings is 1. The quantitative estimate of drug-likeness (QED) is 0.652. The highest BCUT2D eigenvalue weighted by Crippen LogP contribution is 2.20. The molecule has 0 aliphatic rings. The minimum absolute atomic E-state index is 0.110. The Morgan fingerprint density at radius 1 is 1.04 bits per heavy atom. The molecule has 1 heterocycles. The zero-order valence-corrected chi connectivity index (χ0v) is 13.7. The lowest BCUT2D eigenvalue weighted by molar-refractivity contribution is 0.300. The van der Waals surface area contributed by atoms with Crippen molar-refractivity contribution in [3.63, 3.8) is 0 Å². The van der Waals surface area contributed by atoms with Gasteiger partial charge in [-0.05, 0) is 30.7 Å². The Bertz CT molecular complexity index is 902. The Labute approximate surface area is 135 Å². The molecule has 0 unspecified atom stereocenters. The Hall–Kier alpha value is -2.34. The van der Waals surface area contributed by atoms with E-state index in [9.17, 15) is 8.42 Å². The molecule has 2 aromatic carbocycles. The molecule has 0 spiro atoms. The van der Waals surface area contributed by atoms with E-state index in [1.165, 1.54) is 6.26 Å². The molecule has 0 bridgehead atoms. The summed E-state index contributed by atoms with van der Waals surface area (Å²) < 4.78 is 31.3. The largest absolute Gasteiger partial charge is 0.494 e. The van der Waals surface area contributed by atoms with Gasteiger partial charge in [-0.15, -0.1) is 0 Å². The van der Waals surface area contributed by atoms with Crippen LogP contribution in [0.3, 0.4) is 0 Å². The van der Waals surface area contributed by atoms with Gasteiger partial charge in [-0.25, -0.2) is 13.4 Å². The molecule has 0 aliphatic heterocycles. The molecule has 0 atom stereocenters. The van der Waals surface area contributed by atoms with Crippen molar-refractivity contribution in [3.05, 3.63) is 54.6 Å². The van der Waals surface area contributed by atoms with E-state index in [1.54, 1.807) is 4.57 Å². The predicted molar refractivity (Wildman–Crippen MR) is 89.4 cm³/mol. The maximum Gasteiger partial charge on any atom is 0.228 e. The first-order chi connectivity index (χ1) is 11.1. The van der Waals surface area contributed by atoms with Gasteiger partial charge in [-0.1, -0.05) is 30.3 Å². The molecule has 0 fully saturated rings. The average Bonchev–Trinajstić information content (AvgIpc) is 2.92. The van der Waals surface area contributed by atoms with Gasteiger partial charge in [-0.2, -0.15) is 0 Å². The fraction of sp³-hybridized carbons (Fsp3) is 0.235. The second-order valence-electron chi connectivity index (χ2n) is 5.32. The first-order valence-electron chi connectivity index (χ1n) is 7.39. The Morgan fingerprint density at radius 2 is 1.74 bits per heavy atom. The Morgan fingerprint density at radius 3 is 2.48 bits per heavy atom. The number of benzene rings is 2. The SMILES string of the molecule is CS(=O)(=O)c1nc2ccccc2n1CCCOc1ccccc1. The number of fused-ring (bicyclic) bond motifs is 1. The number of nitrogens with zero attached hydrogens (tertiary/aromatic N) is 2. The molecule has 3 aromatic rings. The van der Waals surface area contributed by atoms with Crippen LogP contribution >= 0.6 is 0 Å². The fourth-order valence-electron chi connectivity index (χ4n) is 2.48. The van der Waals surface area contributed by atoms with E-state index in [0.29, 0.717) is 25.1 Å². The van der Waals surface area contributed by atoms with Crippen molar-refractivity contribution in [3.8, 4) is 5.75 Å². The number of sulfone groups is 1. The van der Waals surface area contributed by atoms with Gasteiger partial charge in [0.2, 0.25) is 15.0 Å². The van der Waals surface area contributed by atoms with Crippen LogP contribution in [0.2, 0.25) is 0 Å². The number of rotatable bonds is 6. The highest BCUT2D eigenvalue weighted by atomic mass is 32.2. The number of hydrogen-bond acceptors (Lipinski definition) is 4. The minimum atomic E-state index is -3.37. The van der Waals surface area contributed by atoms with Crippen LogP contribution in [0.15, 0.2) is 59.8 Å². The molecule has 0 radical (unpaired) electrons. The molecule has 3 rings (SSSR count). The van der Waals surface area contributed by atoms with E-state index in [4.69, 9.17) is 4.74 Å². The van der Waals surface area contributed by atoms with Crippen molar-refractivity contribution < 1.29 is 13.2 Å². The summed E-state index contributed by atoms with van der Waals surface area (Å²) in [6.45, 7) is 1.05.